The third-order valence-corrected chi connectivity index (χ3v) is 4.11. The Hall–Kier alpha value is -1.69. The van der Waals surface area contributed by atoms with E-state index in [1.165, 1.54) is 0 Å². The fraction of sp³-hybridized carbons (Fsp3) is 0.667. The molecule has 1 fully saturated rings. The van der Waals surface area contributed by atoms with Crippen molar-refractivity contribution in [2.75, 3.05) is 11.4 Å². The van der Waals surface area contributed by atoms with Gasteiger partial charge in [0.25, 0.3) is 0 Å². The van der Waals surface area contributed by atoms with Gasteiger partial charge in [-0.05, 0) is 45.1 Å². The molecule has 0 atom stereocenters. The maximum atomic E-state index is 11.3. The van der Waals surface area contributed by atoms with Crippen molar-refractivity contribution in [1.82, 2.24) is 4.98 Å². The Morgan fingerprint density at radius 3 is 2.62 bits per heavy atom. The second-order valence-corrected chi connectivity index (χ2v) is 5.81. The quantitative estimate of drug-likeness (QED) is 0.666. The van der Waals surface area contributed by atoms with Crippen LogP contribution in [0.2, 0.25) is 0 Å². The van der Waals surface area contributed by atoms with Crippen molar-refractivity contribution in [3.8, 4) is 0 Å². The molecule has 1 aromatic heterocycles. The summed E-state index contributed by atoms with van der Waals surface area (Å²) < 4.78 is 0. The second-order valence-electron chi connectivity index (χ2n) is 5.81. The monoisotopic (exact) mass is 292 g/mol. The first-order chi connectivity index (χ1) is 10.0. The van der Waals surface area contributed by atoms with Gasteiger partial charge in [-0.15, -0.1) is 0 Å². The number of aromatic nitrogens is 1. The van der Waals surface area contributed by atoms with Crippen LogP contribution in [0.5, 0.6) is 0 Å². The van der Waals surface area contributed by atoms with Crippen molar-refractivity contribution in [1.29, 1.82) is 0 Å². The topological polar surface area (TPSA) is 85.3 Å². The highest BCUT2D eigenvalue weighted by Crippen LogP contribution is 2.32. The van der Waals surface area contributed by atoms with Crippen molar-refractivity contribution >= 4 is 11.5 Å². The molecular weight excluding hydrogens is 268 g/mol. The van der Waals surface area contributed by atoms with Crippen LogP contribution in [0.15, 0.2) is 12.1 Å². The van der Waals surface area contributed by atoms with E-state index in [1.807, 2.05) is 6.92 Å². The molecule has 0 spiro atoms. The van der Waals surface area contributed by atoms with Crippen molar-refractivity contribution in [2.45, 2.75) is 58.0 Å². The van der Waals surface area contributed by atoms with Gasteiger partial charge in [-0.25, -0.2) is 4.98 Å². The van der Waals surface area contributed by atoms with E-state index in [9.17, 15) is 10.1 Å². The number of nitro groups is 1. The number of hydrogen-bond acceptors (Lipinski definition) is 5. The van der Waals surface area contributed by atoms with Crippen LogP contribution in [-0.2, 0) is 0 Å². The maximum Gasteiger partial charge on any atom is 0.311 e. The van der Waals surface area contributed by atoms with Crippen LogP contribution in [0.1, 0.15) is 44.7 Å². The number of rotatable bonds is 5. The molecule has 0 amide bonds. The summed E-state index contributed by atoms with van der Waals surface area (Å²) in [6.45, 7) is 4.74. The predicted molar refractivity (Wildman–Crippen MR) is 83.5 cm³/mol. The summed E-state index contributed by atoms with van der Waals surface area (Å²) in [5, 5.41) is 11.3. The lowest BCUT2D eigenvalue weighted by atomic mass is 9.90. The molecule has 0 radical (unpaired) electrons. The predicted octanol–water partition coefficient (Wildman–Crippen LogP) is 2.78. The highest BCUT2D eigenvalue weighted by Gasteiger charge is 2.29. The highest BCUT2D eigenvalue weighted by atomic mass is 16.6. The van der Waals surface area contributed by atoms with E-state index in [-0.39, 0.29) is 16.7 Å². The minimum atomic E-state index is -0.334. The number of hydrogen-bond donors (Lipinski definition) is 1. The maximum absolute atomic E-state index is 11.3. The van der Waals surface area contributed by atoms with Crippen LogP contribution < -0.4 is 10.6 Å². The molecule has 1 aromatic rings. The third-order valence-electron chi connectivity index (χ3n) is 4.11. The molecule has 2 rings (SSSR count). The number of anilines is 1. The van der Waals surface area contributed by atoms with Gasteiger partial charge in [0.1, 0.15) is 0 Å². The van der Waals surface area contributed by atoms with Gasteiger partial charge in [0, 0.05) is 30.4 Å². The molecule has 1 heterocycles. The minimum absolute atomic E-state index is 0.101. The molecule has 0 bridgehead atoms. The summed E-state index contributed by atoms with van der Waals surface area (Å²) >= 11 is 0. The normalized spacial score (nSPS) is 22.0. The summed E-state index contributed by atoms with van der Waals surface area (Å²) in [4.78, 5) is 17.5. The zero-order valence-electron chi connectivity index (χ0n) is 12.8. The molecule has 2 N–H and O–H groups in total. The molecule has 1 aliphatic carbocycles. The van der Waals surface area contributed by atoms with Gasteiger partial charge in [0.2, 0.25) is 5.82 Å². The van der Waals surface area contributed by atoms with E-state index in [2.05, 4.69) is 16.8 Å². The number of aryl methyl sites for hydroxylation is 1. The summed E-state index contributed by atoms with van der Waals surface area (Å²) in [5.74, 6) is 0.516. The van der Waals surface area contributed by atoms with Gasteiger partial charge in [0.05, 0.1) is 4.92 Å². The lowest BCUT2D eigenvalue weighted by Gasteiger charge is -2.36. The highest BCUT2D eigenvalue weighted by molar-refractivity contribution is 5.58. The summed E-state index contributed by atoms with van der Waals surface area (Å²) in [6.07, 6.45) is 4.85. The summed E-state index contributed by atoms with van der Waals surface area (Å²) in [5.41, 5.74) is 6.88. The molecule has 1 aliphatic rings. The van der Waals surface area contributed by atoms with Crippen molar-refractivity contribution < 1.29 is 4.92 Å². The first-order valence-electron chi connectivity index (χ1n) is 7.67. The first kappa shape index (κ1) is 15.7. The fourth-order valence-electron chi connectivity index (χ4n) is 3.01. The van der Waals surface area contributed by atoms with E-state index in [0.717, 1.165) is 44.3 Å². The Morgan fingerprint density at radius 1 is 1.38 bits per heavy atom. The molecule has 21 heavy (non-hydrogen) atoms. The van der Waals surface area contributed by atoms with E-state index in [1.54, 1.807) is 12.1 Å². The standard InChI is InChI=1S/C15H24N4O2/c1-3-10-18(13-7-5-12(16)6-8-13)15-14(19(20)21)9-4-11(2)17-15/h4,9,12-13H,3,5-8,10,16H2,1-2H3. The Balaban J connectivity index is 2.33. The Labute approximate surface area is 125 Å². The summed E-state index contributed by atoms with van der Waals surface area (Å²) in [6, 6.07) is 3.83. The minimum Gasteiger partial charge on any atom is -0.348 e. The SMILES string of the molecule is CCCN(c1nc(C)ccc1[N+](=O)[O-])C1CCC(N)CC1. The molecule has 0 aromatic carbocycles. The van der Waals surface area contributed by atoms with E-state index >= 15 is 0 Å². The lowest BCUT2D eigenvalue weighted by Crippen LogP contribution is -2.42. The lowest BCUT2D eigenvalue weighted by molar-refractivity contribution is -0.384. The zero-order chi connectivity index (χ0) is 15.4. The average molecular weight is 292 g/mol. The Bertz CT molecular complexity index is 498. The van der Waals surface area contributed by atoms with Gasteiger partial charge < -0.3 is 10.6 Å². The number of pyridine rings is 1. The van der Waals surface area contributed by atoms with Crippen LogP contribution in [0.4, 0.5) is 11.5 Å². The molecule has 6 heteroatoms. The molecule has 0 unspecified atom stereocenters. The molecule has 116 valence electrons. The van der Waals surface area contributed by atoms with Crippen molar-refractivity contribution in [3.05, 3.63) is 27.9 Å². The summed E-state index contributed by atoms with van der Waals surface area (Å²) in [7, 11) is 0. The largest absolute Gasteiger partial charge is 0.348 e. The molecule has 1 saturated carbocycles. The number of nitrogens with zero attached hydrogens (tertiary/aromatic N) is 3. The molecule has 0 aliphatic heterocycles. The molecule has 6 nitrogen and oxygen atoms in total. The smallest absolute Gasteiger partial charge is 0.311 e. The van der Waals surface area contributed by atoms with Crippen molar-refractivity contribution in [2.24, 2.45) is 5.73 Å². The van der Waals surface area contributed by atoms with Crippen LogP contribution in [0.3, 0.4) is 0 Å². The second kappa shape index (κ2) is 6.85. The third kappa shape index (κ3) is 3.69. The van der Waals surface area contributed by atoms with Crippen LogP contribution in [0.25, 0.3) is 0 Å². The van der Waals surface area contributed by atoms with Gasteiger partial charge in [-0.3, -0.25) is 10.1 Å². The van der Waals surface area contributed by atoms with Gasteiger partial charge in [-0.1, -0.05) is 6.92 Å². The van der Waals surface area contributed by atoms with Crippen LogP contribution in [0, 0.1) is 17.0 Å². The van der Waals surface area contributed by atoms with E-state index in [4.69, 9.17) is 5.73 Å². The first-order valence-corrected chi connectivity index (χ1v) is 7.67. The number of nitrogens with two attached hydrogens (primary N) is 1. The van der Waals surface area contributed by atoms with Gasteiger partial charge >= 0.3 is 5.69 Å². The molecular formula is C15H24N4O2. The molecule has 0 saturated heterocycles. The average Bonchev–Trinajstić information content (AvgIpc) is 2.45. The van der Waals surface area contributed by atoms with E-state index < -0.39 is 0 Å². The van der Waals surface area contributed by atoms with E-state index in [0.29, 0.717) is 11.9 Å². The fourth-order valence-corrected chi connectivity index (χ4v) is 3.01. The van der Waals surface area contributed by atoms with Crippen molar-refractivity contribution in [3.63, 3.8) is 0 Å². The van der Waals surface area contributed by atoms with Crippen LogP contribution in [-0.4, -0.2) is 28.5 Å². The zero-order valence-corrected chi connectivity index (χ0v) is 12.8. The Morgan fingerprint density at radius 2 is 2.05 bits per heavy atom. The Kier molecular flexibility index (Phi) is 5.12. The van der Waals surface area contributed by atoms with Crippen LogP contribution >= 0.6 is 0 Å². The van der Waals surface area contributed by atoms with Gasteiger partial charge in [0.15, 0.2) is 0 Å². The van der Waals surface area contributed by atoms with Gasteiger partial charge in [-0.2, -0.15) is 0 Å².